The first kappa shape index (κ1) is 19.9. The zero-order valence-corrected chi connectivity index (χ0v) is 17.4. The fraction of sp³-hybridized carbons (Fsp3) is 0.421. The molecule has 0 spiro atoms. The summed E-state index contributed by atoms with van der Waals surface area (Å²) in [6.45, 7) is 7.73. The molecule has 3 rings (SSSR count). The maximum absolute atomic E-state index is 12.6. The van der Waals surface area contributed by atoms with E-state index in [0.717, 1.165) is 11.3 Å². The lowest BCUT2D eigenvalue weighted by molar-refractivity contribution is 0.0519. The van der Waals surface area contributed by atoms with E-state index in [2.05, 4.69) is 9.38 Å². The molecule has 0 amide bonds. The highest BCUT2D eigenvalue weighted by atomic mass is 32.2. The van der Waals surface area contributed by atoms with Gasteiger partial charge in [0.2, 0.25) is 0 Å². The predicted octanol–water partition coefficient (Wildman–Crippen LogP) is 4.09. The Labute approximate surface area is 166 Å². The minimum atomic E-state index is -1.38. The topological polar surface area (TPSA) is 83.8 Å². The molecule has 0 N–H and O–H groups in total. The van der Waals surface area contributed by atoms with E-state index in [4.69, 9.17) is 9.47 Å². The van der Waals surface area contributed by atoms with E-state index >= 15 is 0 Å². The smallest absolute Gasteiger partial charge is 0.357 e. The first-order valence-electron chi connectivity index (χ1n) is 8.67. The van der Waals surface area contributed by atoms with Gasteiger partial charge in [-0.25, -0.2) is 9.78 Å². The summed E-state index contributed by atoms with van der Waals surface area (Å²) < 4.78 is 27.7. The summed E-state index contributed by atoms with van der Waals surface area (Å²) in [5, 5.41) is 2.34. The van der Waals surface area contributed by atoms with Crippen LogP contribution >= 0.6 is 11.3 Å². The monoisotopic (exact) mass is 406 g/mol. The molecule has 2 unspecified atom stereocenters. The maximum Gasteiger partial charge on any atom is 0.357 e. The number of thiazole rings is 1. The predicted molar refractivity (Wildman–Crippen MR) is 107 cm³/mol. The summed E-state index contributed by atoms with van der Waals surface area (Å²) in [7, 11) is 0. The molecule has 1 aromatic carbocycles. The second-order valence-corrected chi connectivity index (χ2v) is 9.79. The number of fused-ring (bicyclic) bond motifs is 1. The fourth-order valence-corrected chi connectivity index (χ4v) is 3.95. The van der Waals surface area contributed by atoms with Crippen LogP contribution in [0.3, 0.4) is 0 Å². The number of carbonyl (C=O) groups is 1. The number of ether oxygens (including phenoxy) is 2. The molecule has 2 heterocycles. The van der Waals surface area contributed by atoms with Crippen molar-refractivity contribution >= 4 is 34.4 Å². The van der Waals surface area contributed by atoms with Crippen molar-refractivity contribution in [2.75, 3.05) is 6.61 Å². The van der Waals surface area contributed by atoms with Crippen molar-refractivity contribution < 1.29 is 18.8 Å². The van der Waals surface area contributed by atoms with E-state index < -0.39 is 22.1 Å². The number of hydrogen-bond acceptors (Lipinski definition) is 7. The summed E-state index contributed by atoms with van der Waals surface area (Å²) in [6, 6.07) is 7.55. The van der Waals surface area contributed by atoms with E-state index in [-0.39, 0.29) is 11.8 Å². The van der Waals surface area contributed by atoms with Gasteiger partial charge < -0.3 is 14.0 Å². The zero-order chi connectivity index (χ0) is 19.6. The van der Waals surface area contributed by atoms with Gasteiger partial charge in [-0.1, -0.05) is 16.5 Å². The molecule has 27 heavy (non-hydrogen) atoms. The third kappa shape index (κ3) is 4.51. The van der Waals surface area contributed by atoms with Crippen molar-refractivity contribution in [2.24, 2.45) is 4.40 Å². The molecule has 1 aliphatic heterocycles. The molecule has 0 aliphatic carbocycles. The van der Waals surface area contributed by atoms with Crippen LogP contribution < -0.4 is 4.74 Å². The summed E-state index contributed by atoms with van der Waals surface area (Å²) >= 11 is -0.0334. The number of hydrogen-bond donors (Lipinski definition) is 0. The molecule has 0 saturated heterocycles. The van der Waals surface area contributed by atoms with Crippen molar-refractivity contribution in [1.29, 1.82) is 0 Å². The Kier molecular flexibility index (Phi) is 5.88. The summed E-state index contributed by atoms with van der Waals surface area (Å²) in [6.07, 6.45) is 0.0537. The number of aromatic nitrogens is 1. The number of rotatable bonds is 4. The average Bonchev–Trinajstić information content (AvgIpc) is 3.11. The molecule has 0 fully saturated rings. The van der Waals surface area contributed by atoms with E-state index in [1.165, 1.54) is 11.3 Å². The quantitative estimate of drug-likeness (QED) is 0.564. The van der Waals surface area contributed by atoms with Crippen molar-refractivity contribution in [3.8, 4) is 5.75 Å². The highest BCUT2D eigenvalue weighted by Gasteiger charge is 2.33. The molecule has 1 aromatic heterocycles. The molecule has 2 aromatic rings. The SMILES string of the molecule is CCOC(=O)c1csc(C2CC(=N[S+]([O-])C(C)(C)C)c3ccccc3O2)n1. The van der Waals surface area contributed by atoms with Gasteiger partial charge in [0.05, 0.1) is 6.61 Å². The van der Waals surface area contributed by atoms with Crippen LogP contribution in [0.1, 0.15) is 61.3 Å². The Morgan fingerprint density at radius 1 is 1.44 bits per heavy atom. The molecule has 8 heteroatoms. The third-order valence-corrected chi connectivity index (χ3v) is 6.22. The van der Waals surface area contributed by atoms with Gasteiger partial charge in [0.1, 0.15) is 32.6 Å². The first-order valence-corrected chi connectivity index (χ1v) is 10.7. The minimum absolute atomic E-state index is 0.274. The van der Waals surface area contributed by atoms with Gasteiger partial charge in [-0.15, -0.1) is 11.3 Å². The van der Waals surface area contributed by atoms with E-state index in [0.29, 0.717) is 23.8 Å². The molecular formula is C19H22N2O4S2. The van der Waals surface area contributed by atoms with Gasteiger partial charge in [0.25, 0.3) is 0 Å². The molecule has 0 bridgehead atoms. The van der Waals surface area contributed by atoms with E-state index in [9.17, 15) is 9.35 Å². The normalized spacial score (nSPS) is 19.3. The van der Waals surface area contributed by atoms with Crippen LogP contribution in [0.25, 0.3) is 0 Å². The zero-order valence-electron chi connectivity index (χ0n) is 15.7. The Hall–Kier alpha value is -1.90. The fourth-order valence-electron chi connectivity index (χ4n) is 2.48. The highest BCUT2D eigenvalue weighted by Crippen LogP contribution is 2.37. The largest absolute Gasteiger partial charge is 0.591 e. The number of para-hydroxylation sites is 1. The van der Waals surface area contributed by atoms with Crippen molar-refractivity contribution in [3.63, 3.8) is 0 Å². The van der Waals surface area contributed by atoms with Crippen LogP contribution in [0, 0.1) is 0 Å². The van der Waals surface area contributed by atoms with Crippen LogP contribution in [-0.4, -0.2) is 32.6 Å². The van der Waals surface area contributed by atoms with Crippen molar-refractivity contribution in [1.82, 2.24) is 4.98 Å². The third-order valence-electron chi connectivity index (χ3n) is 3.84. The van der Waals surface area contributed by atoms with Gasteiger partial charge >= 0.3 is 5.97 Å². The minimum Gasteiger partial charge on any atom is -0.591 e. The van der Waals surface area contributed by atoms with Gasteiger partial charge in [-0.05, 0) is 39.8 Å². The van der Waals surface area contributed by atoms with Crippen LogP contribution in [-0.2, 0) is 16.1 Å². The van der Waals surface area contributed by atoms with E-state index in [1.54, 1.807) is 12.3 Å². The highest BCUT2D eigenvalue weighted by molar-refractivity contribution is 7.91. The van der Waals surface area contributed by atoms with Crippen LogP contribution in [0.5, 0.6) is 5.75 Å². The Morgan fingerprint density at radius 2 is 2.19 bits per heavy atom. The molecule has 2 atom stereocenters. The first-order chi connectivity index (χ1) is 12.8. The van der Waals surface area contributed by atoms with Crippen LogP contribution in [0.15, 0.2) is 34.0 Å². The molecule has 0 radical (unpaired) electrons. The Bertz CT molecular complexity index is 857. The molecule has 1 aliphatic rings. The summed E-state index contributed by atoms with van der Waals surface area (Å²) in [5.74, 6) is 0.227. The van der Waals surface area contributed by atoms with Gasteiger partial charge in [0, 0.05) is 17.4 Å². The number of esters is 1. The molecular weight excluding hydrogens is 384 g/mol. The van der Waals surface area contributed by atoms with Crippen molar-refractivity contribution in [2.45, 2.75) is 45.0 Å². The Balaban J connectivity index is 1.92. The van der Waals surface area contributed by atoms with Crippen LogP contribution in [0.4, 0.5) is 0 Å². The molecule has 0 saturated carbocycles. The van der Waals surface area contributed by atoms with Crippen molar-refractivity contribution in [3.05, 3.63) is 45.9 Å². The second-order valence-electron chi connectivity index (χ2n) is 7.00. The lowest BCUT2D eigenvalue weighted by Gasteiger charge is -2.26. The molecule has 144 valence electrons. The number of benzene rings is 1. The average molecular weight is 407 g/mol. The second kappa shape index (κ2) is 8.00. The lowest BCUT2D eigenvalue weighted by Crippen LogP contribution is -2.29. The molecule has 6 nitrogen and oxygen atoms in total. The van der Waals surface area contributed by atoms with E-state index in [1.807, 2.05) is 45.0 Å². The van der Waals surface area contributed by atoms with Gasteiger partial charge in [-0.2, -0.15) is 0 Å². The van der Waals surface area contributed by atoms with Crippen LogP contribution in [0.2, 0.25) is 0 Å². The summed E-state index contributed by atoms with van der Waals surface area (Å²) in [5.41, 5.74) is 1.84. The Morgan fingerprint density at radius 3 is 2.89 bits per heavy atom. The van der Waals surface area contributed by atoms with Gasteiger partial charge in [-0.3, -0.25) is 0 Å². The number of carbonyl (C=O) groups excluding carboxylic acids is 1. The lowest BCUT2D eigenvalue weighted by atomic mass is 10.0. The standard InChI is InChI=1S/C19H22N2O4S2/c1-5-24-18(22)14-11-26-17(20-14)16-10-13(21-27(23)19(2,3)4)12-8-6-7-9-15(12)25-16/h6-9,11,16H,5,10H2,1-4H3. The number of nitrogens with zero attached hydrogens (tertiary/aromatic N) is 2. The maximum atomic E-state index is 12.6. The summed E-state index contributed by atoms with van der Waals surface area (Å²) in [4.78, 5) is 16.3. The van der Waals surface area contributed by atoms with Gasteiger partial charge in [0.15, 0.2) is 11.8 Å².